The summed E-state index contributed by atoms with van der Waals surface area (Å²) in [6.07, 6.45) is 0.305. The number of sulfonamides is 1. The summed E-state index contributed by atoms with van der Waals surface area (Å²) in [7, 11) is -3.39. The van der Waals surface area contributed by atoms with Crippen molar-refractivity contribution in [2.45, 2.75) is 11.3 Å². The van der Waals surface area contributed by atoms with Crippen LogP contribution in [0.4, 0.5) is 0 Å². The first-order chi connectivity index (χ1) is 9.61. The zero-order valence-corrected chi connectivity index (χ0v) is 11.9. The predicted octanol–water partition coefficient (Wildman–Crippen LogP) is 0.593. The summed E-state index contributed by atoms with van der Waals surface area (Å²) < 4.78 is 26.8. The predicted molar refractivity (Wildman–Crippen MR) is 74.4 cm³/mol. The second kappa shape index (κ2) is 5.17. The van der Waals surface area contributed by atoms with Gasteiger partial charge in [-0.25, -0.2) is 8.42 Å². The van der Waals surface area contributed by atoms with Crippen LogP contribution in [0, 0.1) is 23.2 Å². The van der Waals surface area contributed by atoms with Gasteiger partial charge >= 0.3 is 0 Å². The maximum absolute atomic E-state index is 12.6. The van der Waals surface area contributed by atoms with E-state index in [2.05, 4.69) is 11.4 Å². The Morgan fingerprint density at radius 3 is 2.35 bits per heavy atom. The number of benzene rings is 1. The molecule has 2 saturated heterocycles. The average Bonchev–Trinajstić information content (AvgIpc) is 3.00. The lowest BCUT2D eigenvalue weighted by molar-refractivity contribution is 0.448. The number of hydrogen-bond donors (Lipinski definition) is 1. The van der Waals surface area contributed by atoms with Crippen LogP contribution in [0.5, 0.6) is 0 Å². The molecular formula is C14H17N3O2S. The molecule has 2 atom stereocenters. The van der Waals surface area contributed by atoms with Crippen molar-refractivity contribution in [1.82, 2.24) is 9.62 Å². The third kappa shape index (κ3) is 2.33. The fourth-order valence-corrected chi connectivity index (χ4v) is 4.58. The largest absolute Gasteiger partial charge is 0.316 e. The maximum atomic E-state index is 12.6. The van der Waals surface area contributed by atoms with Crippen molar-refractivity contribution >= 4 is 10.0 Å². The Hall–Kier alpha value is -1.42. The fraction of sp³-hybridized carbons (Fsp3) is 0.500. The van der Waals surface area contributed by atoms with Crippen LogP contribution in [-0.2, 0) is 16.4 Å². The van der Waals surface area contributed by atoms with Crippen LogP contribution >= 0.6 is 0 Å². The third-order valence-corrected chi connectivity index (χ3v) is 6.05. The summed E-state index contributed by atoms with van der Waals surface area (Å²) in [5, 5.41) is 11.9. The molecule has 2 aliphatic heterocycles. The number of fused-ring (bicyclic) bond motifs is 1. The van der Waals surface area contributed by atoms with Crippen LogP contribution < -0.4 is 5.32 Å². The van der Waals surface area contributed by atoms with E-state index in [9.17, 15) is 8.42 Å². The Balaban J connectivity index is 1.80. The minimum absolute atomic E-state index is 0.305. The summed E-state index contributed by atoms with van der Waals surface area (Å²) in [6.45, 7) is 3.05. The van der Waals surface area contributed by atoms with E-state index in [0.29, 0.717) is 36.2 Å². The summed E-state index contributed by atoms with van der Waals surface area (Å²) in [6, 6.07) is 8.70. The summed E-state index contributed by atoms with van der Waals surface area (Å²) in [5.74, 6) is 0.894. The van der Waals surface area contributed by atoms with Crippen LogP contribution in [-0.4, -0.2) is 38.9 Å². The van der Waals surface area contributed by atoms with Crippen molar-refractivity contribution < 1.29 is 8.42 Å². The van der Waals surface area contributed by atoms with E-state index >= 15 is 0 Å². The van der Waals surface area contributed by atoms with E-state index in [1.807, 2.05) is 0 Å². The van der Waals surface area contributed by atoms with Crippen LogP contribution in [0.15, 0.2) is 29.2 Å². The molecule has 0 aromatic heterocycles. The fourth-order valence-electron chi connectivity index (χ4n) is 3.03. The zero-order valence-electron chi connectivity index (χ0n) is 11.1. The quantitative estimate of drug-likeness (QED) is 0.885. The molecule has 2 aliphatic rings. The lowest BCUT2D eigenvalue weighted by Crippen LogP contribution is -2.31. The SMILES string of the molecule is N#CCc1ccc(S(=O)(=O)N2CC3CNCC3C2)cc1. The standard InChI is InChI=1S/C14H17N3O2S/c15-6-5-11-1-3-14(4-2-11)20(18,19)17-9-12-7-16-8-13(12)10-17/h1-4,12-13,16H,5,7-10H2. The van der Waals surface area contributed by atoms with E-state index in [0.717, 1.165) is 18.7 Å². The Bertz CT molecular complexity index is 621. The van der Waals surface area contributed by atoms with Gasteiger partial charge in [-0.2, -0.15) is 9.57 Å². The highest BCUT2D eigenvalue weighted by molar-refractivity contribution is 7.89. The molecule has 3 rings (SSSR count). The summed E-state index contributed by atoms with van der Waals surface area (Å²) >= 11 is 0. The Labute approximate surface area is 119 Å². The minimum Gasteiger partial charge on any atom is -0.316 e. The topological polar surface area (TPSA) is 73.2 Å². The smallest absolute Gasteiger partial charge is 0.243 e. The zero-order chi connectivity index (χ0) is 14.2. The number of nitriles is 1. The van der Waals surface area contributed by atoms with Crippen molar-refractivity contribution in [2.24, 2.45) is 11.8 Å². The second-order valence-electron chi connectivity index (χ2n) is 5.48. The van der Waals surface area contributed by atoms with Crippen molar-refractivity contribution in [3.8, 4) is 6.07 Å². The molecule has 0 aliphatic carbocycles. The van der Waals surface area contributed by atoms with Crippen molar-refractivity contribution in [2.75, 3.05) is 26.2 Å². The lowest BCUT2D eigenvalue weighted by atomic mass is 10.0. The van der Waals surface area contributed by atoms with Crippen LogP contribution in [0.2, 0.25) is 0 Å². The molecule has 2 fully saturated rings. The summed E-state index contributed by atoms with van der Waals surface area (Å²) in [4.78, 5) is 0.326. The van der Waals surface area contributed by atoms with Gasteiger partial charge in [0.1, 0.15) is 0 Å². The Morgan fingerprint density at radius 2 is 1.80 bits per heavy atom. The molecule has 0 bridgehead atoms. The Kier molecular flexibility index (Phi) is 3.50. The van der Waals surface area contributed by atoms with Crippen molar-refractivity contribution in [3.05, 3.63) is 29.8 Å². The van der Waals surface area contributed by atoms with Gasteiger partial charge < -0.3 is 5.32 Å². The van der Waals surface area contributed by atoms with E-state index in [1.165, 1.54) is 0 Å². The van der Waals surface area contributed by atoms with Gasteiger partial charge in [0.2, 0.25) is 10.0 Å². The first-order valence-corrected chi connectivity index (χ1v) is 8.22. The third-order valence-electron chi connectivity index (χ3n) is 4.20. The number of rotatable bonds is 3. The van der Waals surface area contributed by atoms with Gasteiger partial charge in [-0.1, -0.05) is 12.1 Å². The van der Waals surface area contributed by atoms with E-state index < -0.39 is 10.0 Å². The van der Waals surface area contributed by atoms with Gasteiger partial charge in [0, 0.05) is 13.1 Å². The molecule has 1 aromatic carbocycles. The molecule has 2 unspecified atom stereocenters. The number of nitrogens with zero attached hydrogens (tertiary/aromatic N) is 2. The highest BCUT2D eigenvalue weighted by Gasteiger charge is 2.41. The molecule has 0 spiro atoms. The molecule has 0 amide bonds. The lowest BCUT2D eigenvalue weighted by Gasteiger charge is -2.17. The van der Waals surface area contributed by atoms with E-state index in [1.54, 1.807) is 28.6 Å². The van der Waals surface area contributed by atoms with Crippen LogP contribution in [0.3, 0.4) is 0 Å². The second-order valence-corrected chi connectivity index (χ2v) is 7.42. The monoisotopic (exact) mass is 291 g/mol. The Morgan fingerprint density at radius 1 is 1.20 bits per heavy atom. The van der Waals surface area contributed by atoms with Crippen LogP contribution in [0.1, 0.15) is 5.56 Å². The molecule has 0 saturated carbocycles. The average molecular weight is 291 g/mol. The van der Waals surface area contributed by atoms with Gasteiger partial charge in [-0.3, -0.25) is 0 Å². The first-order valence-electron chi connectivity index (χ1n) is 6.78. The molecule has 5 nitrogen and oxygen atoms in total. The van der Waals surface area contributed by atoms with Crippen LogP contribution in [0.25, 0.3) is 0 Å². The summed E-state index contributed by atoms with van der Waals surface area (Å²) in [5.41, 5.74) is 0.842. The van der Waals surface area contributed by atoms with Crippen molar-refractivity contribution in [3.63, 3.8) is 0 Å². The minimum atomic E-state index is -3.39. The molecule has 2 heterocycles. The molecule has 106 valence electrons. The van der Waals surface area contributed by atoms with E-state index in [4.69, 9.17) is 5.26 Å². The number of hydrogen-bond acceptors (Lipinski definition) is 4. The molecule has 6 heteroatoms. The van der Waals surface area contributed by atoms with Gasteiger partial charge in [-0.05, 0) is 42.6 Å². The van der Waals surface area contributed by atoms with Gasteiger partial charge in [0.15, 0.2) is 0 Å². The van der Waals surface area contributed by atoms with Gasteiger partial charge in [-0.15, -0.1) is 0 Å². The molecule has 1 N–H and O–H groups in total. The maximum Gasteiger partial charge on any atom is 0.243 e. The molecular weight excluding hydrogens is 274 g/mol. The van der Waals surface area contributed by atoms with Gasteiger partial charge in [0.05, 0.1) is 17.4 Å². The number of nitrogens with one attached hydrogen (secondary N) is 1. The molecule has 20 heavy (non-hydrogen) atoms. The highest BCUT2D eigenvalue weighted by Crippen LogP contribution is 2.30. The van der Waals surface area contributed by atoms with Gasteiger partial charge in [0.25, 0.3) is 0 Å². The normalized spacial score (nSPS) is 26.4. The molecule has 0 radical (unpaired) electrons. The van der Waals surface area contributed by atoms with Crippen molar-refractivity contribution in [1.29, 1.82) is 5.26 Å². The highest BCUT2D eigenvalue weighted by atomic mass is 32.2. The molecule has 1 aromatic rings. The first kappa shape index (κ1) is 13.6. The van der Waals surface area contributed by atoms with E-state index in [-0.39, 0.29) is 0 Å².